The first-order valence-corrected chi connectivity index (χ1v) is 10.6. The first-order valence-electron chi connectivity index (χ1n) is 8.99. The molecule has 1 aromatic heterocycles. The molecule has 0 aliphatic rings. The van der Waals surface area contributed by atoms with Crippen LogP contribution in [0, 0.1) is 0 Å². The zero-order valence-electron chi connectivity index (χ0n) is 15.3. The van der Waals surface area contributed by atoms with Crippen molar-refractivity contribution < 1.29 is 8.42 Å². The van der Waals surface area contributed by atoms with Gasteiger partial charge in [-0.05, 0) is 25.1 Å². The van der Waals surface area contributed by atoms with E-state index in [2.05, 4.69) is 4.72 Å². The van der Waals surface area contributed by atoms with Gasteiger partial charge < -0.3 is 0 Å². The summed E-state index contributed by atoms with van der Waals surface area (Å²) < 4.78 is 26.3. The first-order chi connectivity index (χ1) is 13.6. The molecule has 0 unspecified atom stereocenters. The number of hydrogen-bond donors (Lipinski definition) is 1. The smallest absolute Gasteiger partial charge is 0.232 e. The molecule has 4 aromatic rings. The lowest BCUT2D eigenvalue weighted by atomic mass is 10.0. The molecule has 0 aliphatic carbocycles. The van der Waals surface area contributed by atoms with Gasteiger partial charge in [0.1, 0.15) is 0 Å². The predicted molar refractivity (Wildman–Crippen MR) is 113 cm³/mol. The fourth-order valence-corrected chi connectivity index (χ4v) is 3.59. The van der Waals surface area contributed by atoms with Crippen molar-refractivity contribution in [2.24, 2.45) is 0 Å². The van der Waals surface area contributed by atoms with Crippen molar-refractivity contribution in [2.45, 2.75) is 6.92 Å². The van der Waals surface area contributed by atoms with Crippen molar-refractivity contribution >= 4 is 26.7 Å². The van der Waals surface area contributed by atoms with Crippen LogP contribution in [-0.2, 0) is 10.0 Å². The molecule has 140 valence electrons. The van der Waals surface area contributed by atoms with Crippen LogP contribution in [0.2, 0.25) is 0 Å². The SMILES string of the molecule is CCS(=O)(=O)Nc1ccc2nc(-c3ccccc3)c(-c3ccccc3)nc2c1. The highest BCUT2D eigenvalue weighted by atomic mass is 32.2. The zero-order chi connectivity index (χ0) is 19.6. The van der Waals surface area contributed by atoms with Crippen LogP contribution in [0.4, 0.5) is 5.69 Å². The molecule has 0 saturated carbocycles. The number of nitrogens with zero attached hydrogens (tertiary/aromatic N) is 2. The molecule has 5 nitrogen and oxygen atoms in total. The van der Waals surface area contributed by atoms with Gasteiger partial charge in [-0.1, -0.05) is 60.7 Å². The van der Waals surface area contributed by atoms with Crippen LogP contribution in [0.1, 0.15) is 6.92 Å². The summed E-state index contributed by atoms with van der Waals surface area (Å²) in [5.41, 5.74) is 5.31. The first kappa shape index (κ1) is 18.1. The quantitative estimate of drug-likeness (QED) is 0.536. The van der Waals surface area contributed by atoms with Crippen molar-refractivity contribution in [1.29, 1.82) is 0 Å². The summed E-state index contributed by atoms with van der Waals surface area (Å²) in [6.07, 6.45) is 0. The number of aromatic nitrogens is 2. The Morgan fingerprint density at radius 3 is 1.82 bits per heavy atom. The summed E-state index contributed by atoms with van der Waals surface area (Å²) in [7, 11) is -3.35. The number of sulfonamides is 1. The second-order valence-electron chi connectivity index (χ2n) is 6.36. The number of benzene rings is 3. The predicted octanol–water partition coefficient (Wildman–Crippen LogP) is 4.73. The topological polar surface area (TPSA) is 72.0 Å². The highest BCUT2D eigenvalue weighted by Crippen LogP contribution is 2.31. The van der Waals surface area contributed by atoms with Gasteiger partial charge in [0.15, 0.2) is 0 Å². The van der Waals surface area contributed by atoms with E-state index in [1.54, 1.807) is 25.1 Å². The van der Waals surface area contributed by atoms with Gasteiger partial charge in [-0.2, -0.15) is 0 Å². The Morgan fingerprint density at radius 1 is 0.750 bits per heavy atom. The minimum absolute atomic E-state index is 0.0128. The van der Waals surface area contributed by atoms with E-state index in [-0.39, 0.29) is 5.75 Å². The Kier molecular flexibility index (Phi) is 4.79. The van der Waals surface area contributed by atoms with E-state index in [0.717, 1.165) is 22.5 Å². The number of hydrogen-bond acceptors (Lipinski definition) is 4. The fourth-order valence-electron chi connectivity index (χ4n) is 2.96. The van der Waals surface area contributed by atoms with Crippen molar-refractivity contribution in [3.63, 3.8) is 0 Å². The number of nitrogens with one attached hydrogen (secondary N) is 1. The van der Waals surface area contributed by atoms with Crippen LogP contribution in [0.5, 0.6) is 0 Å². The van der Waals surface area contributed by atoms with Gasteiger partial charge in [0.25, 0.3) is 0 Å². The molecule has 0 bridgehead atoms. The van der Waals surface area contributed by atoms with E-state index in [1.165, 1.54) is 0 Å². The standard InChI is InChI=1S/C22H19N3O2S/c1-2-28(26,27)25-18-13-14-19-20(15-18)24-22(17-11-7-4-8-12-17)21(23-19)16-9-5-3-6-10-16/h3-15,25H,2H2,1H3. The molecule has 0 aliphatic heterocycles. The van der Waals surface area contributed by atoms with Crippen LogP contribution < -0.4 is 4.72 Å². The number of anilines is 1. The zero-order valence-corrected chi connectivity index (χ0v) is 16.1. The average molecular weight is 389 g/mol. The molecule has 0 spiro atoms. The van der Waals surface area contributed by atoms with Crippen LogP contribution in [0.25, 0.3) is 33.5 Å². The molecule has 6 heteroatoms. The monoisotopic (exact) mass is 389 g/mol. The Morgan fingerprint density at radius 2 is 1.29 bits per heavy atom. The maximum absolute atomic E-state index is 11.9. The maximum atomic E-state index is 11.9. The summed E-state index contributed by atoms with van der Waals surface area (Å²) in [6, 6.07) is 25.0. The van der Waals surface area contributed by atoms with Crippen molar-refractivity contribution in [1.82, 2.24) is 9.97 Å². The second kappa shape index (κ2) is 7.40. The highest BCUT2D eigenvalue weighted by molar-refractivity contribution is 7.92. The minimum atomic E-state index is -3.35. The van der Waals surface area contributed by atoms with Crippen molar-refractivity contribution in [3.05, 3.63) is 78.9 Å². The van der Waals surface area contributed by atoms with E-state index < -0.39 is 10.0 Å². The molecule has 0 atom stereocenters. The molecular formula is C22H19N3O2S. The van der Waals surface area contributed by atoms with Crippen LogP contribution >= 0.6 is 0 Å². The average Bonchev–Trinajstić information content (AvgIpc) is 2.74. The molecule has 0 amide bonds. The molecule has 0 fully saturated rings. The second-order valence-corrected chi connectivity index (χ2v) is 8.37. The molecule has 0 saturated heterocycles. The summed E-state index contributed by atoms with van der Waals surface area (Å²) in [6.45, 7) is 1.60. The lowest BCUT2D eigenvalue weighted by molar-refractivity contribution is 0.602. The Balaban J connectivity index is 1.91. The van der Waals surface area contributed by atoms with E-state index in [4.69, 9.17) is 9.97 Å². The molecule has 1 N–H and O–H groups in total. The lowest BCUT2D eigenvalue weighted by Crippen LogP contribution is -2.14. The number of fused-ring (bicyclic) bond motifs is 1. The maximum Gasteiger partial charge on any atom is 0.232 e. The van der Waals surface area contributed by atoms with Gasteiger partial charge in [0.2, 0.25) is 10.0 Å². The Hall–Kier alpha value is -3.25. The van der Waals surface area contributed by atoms with Gasteiger partial charge in [0, 0.05) is 11.1 Å². The van der Waals surface area contributed by atoms with Crippen LogP contribution in [0.3, 0.4) is 0 Å². The van der Waals surface area contributed by atoms with Crippen molar-refractivity contribution in [3.8, 4) is 22.5 Å². The summed E-state index contributed by atoms with van der Waals surface area (Å²) >= 11 is 0. The number of rotatable bonds is 5. The Labute approximate surface area is 164 Å². The molecule has 4 rings (SSSR count). The van der Waals surface area contributed by atoms with Crippen LogP contribution in [-0.4, -0.2) is 24.1 Å². The molecule has 3 aromatic carbocycles. The summed E-state index contributed by atoms with van der Waals surface area (Å²) in [5, 5.41) is 0. The van der Waals surface area contributed by atoms with Gasteiger partial charge in [-0.3, -0.25) is 4.72 Å². The van der Waals surface area contributed by atoms with Gasteiger partial charge in [-0.25, -0.2) is 18.4 Å². The van der Waals surface area contributed by atoms with Gasteiger partial charge in [-0.15, -0.1) is 0 Å². The van der Waals surface area contributed by atoms with E-state index in [0.29, 0.717) is 16.7 Å². The molecular weight excluding hydrogens is 370 g/mol. The lowest BCUT2D eigenvalue weighted by Gasteiger charge is -2.12. The third-order valence-electron chi connectivity index (χ3n) is 4.41. The fraction of sp³-hybridized carbons (Fsp3) is 0.0909. The minimum Gasteiger partial charge on any atom is -0.283 e. The summed E-state index contributed by atoms with van der Waals surface area (Å²) in [4.78, 5) is 9.68. The highest BCUT2D eigenvalue weighted by Gasteiger charge is 2.14. The van der Waals surface area contributed by atoms with Gasteiger partial charge >= 0.3 is 0 Å². The van der Waals surface area contributed by atoms with Crippen LogP contribution in [0.15, 0.2) is 78.9 Å². The van der Waals surface area contributed by atoms with E-state index in [9.17, 15) is 8.42 Å². The largest absolute Gasteiger partial charge is 0.283 e. The Bertz CT molecular complexity index is 1220. The third-order valence-corrected chi connectivity index (χ3v) is 5.72. The molecule has 1 heterocycles. The van der Waals surface area contributed by atoms with E-state index in [1.807, 2.05) is 60.7 Å². The van der Waals surface area contributed by atoms with Crippen molar-refractivity contribution in [2.75, 3.05) is 10.5 Å². The van der Waals surface area contributed by atoms with Gasteiger partial charge in [0.05, 0.1) is 33.9 Å². The molecule has 0 radical (unpaired) electrons. The van der Waals surface area contributed by atoms with E-state index >= 15 is 0 Å². The molecule has 28 heavy (non-hydrogen) atoms. The normalized spacial score (nSPS) is 11.5. The summed E-state index contributed by atoms with van der Waals surface area (Å²) in [5.74, 6) is 0.0128. The third kappa shape index (κ3) is 3.73.